The van der Waals surface area contributed by atoms with Crippen molar-refractivity contribution in [1.82, 2.24) is 5.43 Å². The first-order chi connectivity index (χ1) is 15.8. The summed E-state index contributed by atoms with van der Waals surface area (Å²) in [5, 5.41) is 12.7. The number of nitro groups is 1. The molecule has 1 aliphatic heterocycles. The van der Waals surface area contributed by atoms with Crippen molar-refractivity contribution in [2.45, 2.75) is 0 Å². The van der Waals surface area contributed by atoms with Crippen molar-refractivity contribution in [3.63, 3.8) is 0 Å². The van der Waals surface area contributed by atoms with Crippen LogP contribution in [0.15, 0.2) is 78.4 Å². The Labute approximate surface area is 192 Å². The van der Waals surface area contributed by atoms with Crippen LogP contribution in [0.2, 0.25) is 5.02 Å². The molecule has 1 N–H and O–H groups in total. The Morgan fingerprint density at radius 2 is 1.73 bits per heavy atom. The van der Waals surface area contributed by atoms with Gasteiger partial charge >= 0.3 is 5.97 Å². The average molecular weight is 464 g/mol. The third kappa shape index (κ3) is 4.58. The normalized spacial score (nSPS) is 14.3. The second-order valence-electron chi connectivity index (χ2n) is 6.85. The molecule has 0 saturated carbocycles. The zero-order valence-corrected chi connectivity index (χ0v) is 17.5. The lowest BCUT2D eigenvalue weighted by Crippen LogP contribution is -2.35. The summed E-state index contributed by atoms with van der Waals surface area (Å²) in [6, 6.07) is 17.9. The lowest BCUT2D eigenvalue weighted by molar-refractivity contribution is -0.384. The quantitative estimate of drug-likeness (QED) is 0.153. The number of nitro benzene ring substituents is 1. The van der Waals surface area contributed by atoms with E-state index in [1.165, 1.54) is 30.3 Å². The van der Waals surface area contributed by atoms with E-state index < -0.39 is 22.7 Å². The monoisotopic (exact) mass is 463 g/mol. The Morgan fingerprint density at radius 3 is 2.39 bits per heavy atom. The molecular formula is C23H14ClN3O6. The SMILES string of the molecule is O=C1NN(c2ccccc2)C(=O)C1=Cc1cc([N+](=O)[O-])ccc1OC(=O)c1ccc(Cl)cc1. The molecule has 3 aromatic rings. The number of carbonyl (C=O) groups is 3. The number of hydrogen-bond donors (Lipinski definition) is 1. The Morgan fingerprint density at radius 1 is 1.03 bits per heavy atom. The number of halogens is 1. The predicted molar refractivity (Wildman–Crippen MR) is 120 cm³/mol. The van der Waals surface area contributed by atoms with Gasteiger partial charge in [-0.2, -0.15) is 0 Å². The van der Waals surface area contributed by atoms with Gasteiger partial charge in [0.1, 0.15) is 11.3 Å². The number of anilines is 1. The van der Waals surface area contributed by atoms with Gasteiger partial charge in [-0.05, 0) is 48.5 Å². The minimum atomic E-state index is -0.742. The minimum Gasteiger partial charge on any atom is -0.422 e. The van der Waals surface area contributed by atoms with E-state index in [1.807, 2.05) is 0 Å². The van der Waals surface area contributed by atoms with Gasteiger partial charge in [0.2, 0.25) is 0 Å². The van der Waals surface area contributed by atoms with Gasteiger partial charge in [-0.15, -0.1) is 0 Å². The van der Waals surface area contributed by atoms with Gasteiger partial charge in [0.15, 0.2) is 0 Å². The second-order valence-corrected chi connectivity index (χ2v) is 7.29. The van der Waals surface area contributed by atoms with Crippen molar-refractivity contribution in [2.24, 2.45) is 0 Å². The number of hydrogen-bond acceptors (Lipinski definition) is 6. The third-order valence-corrected chi connectivity index (χ3v) is 4.94. The molecule has 1 fully saturated rings. The molecule has 10 heteroatoms. The van der Waals surface area contributed by atoms with Crippen LogP contribution in [0, 0.1) is 10.1 Å². The molecule has 0 aromatic heterocycles. The van der Waals surface area contributed by atoms with Gasteiger partial charge in [-0.1, -0.05) is 29.8 Å². The van der Waals surface area contributed by atoms with Crippen LogP contribution in [0.4, 0.5) is 11.4 Å². The van der Waals surface area contributed by atoms with E-state index in [-0.39, 0.29) is 28.1 Å². The number of esters is 1. The van der Waals surface area contributed by atoms with Crippen LogP contribution in [0.1, 0.15) is 15.9 Å². The van der Waals surface area contributed by atoms with E-state index in [9.17, 15) is 24.5 Å². The maximum atomic E-state index is 12.8. The van der Waals surface area contributed by atoms with Gasteiger partial charge in [-0.25, -0.2) is 9.80 Å². The Kier molecular flexibility index (Phi) is 5.88. The number of rotatable bonds is 5. The molecule has 0 aliphatic carbocycles. The van der Waals surface area contributed by atoms with Crippen LogP contribution in [0.5, 0.6) is 5.75 Å². The van der Waals surface area contributed by atoms with Gasteiger partial charge in [0.25, 0.3) is 17.5 Å². The molecule has 0 bridgehead atoms. The number of ether oxygens (including phenoxy) is 1. The van der Waals surface area contributed by atoms with Crippen molar-refractivity contribution >= 4 is 46.8 Å². The van der Waals surface area contributed by atoms with Crippen LogP contribution in [-0.2, 0) is 9.59 Å². The third-order valence-electron chi connectivity index (χ3n) is 4.69. The summed E-state index contributed by atoms with van der Waals surface area (Å²) in [6.07, 6.45) is 1.15. The predicted octanol–water partition coefficient (Wildman–Crippen LogP) is 3.93. The summed E-state index contributed by atoms with van der Waals surface area (Å²) < 4.78 is 5.39. The van der Waals surface area contributed by atoms with E-state index in [0.717, 1.165) is 23.2 Å². The van der Waals surface area contributed by atoms with E-state index in [4.69, 9.17) is 16.3 Å². The summed E-state index contributed by atoms with van der Waals surface area (Å²) in [7, 11) is 0. The number of para-hydroxylation sites is 1. The first-order valence-corrected chi connectivity index (χ1v) is 9.89. The maximum absolute atomic E-state index is 12.8. The fourth-order valence-corrected chi connectivity index (χ4v) is 3.20. The van der Waals surface area contributed by atoms with Crippen molar-refractivity contribution in [2.75, 3.05) is 5.01 Å². The highest BCUT2D eigenvalue weighted by Gasteiger charge is 2.34. The molecule has 0 atom stereocenters. The summed E-state index contributed by atoms with van der Waals surface area (Å²) in [5.41, 5.74) is 2.51. The molecule has 1 heterocycles. The number of nitrogens with zero attached hydrogens (tertiary/aromatic N) is 2. The fourth-order valence-electron chi connectivity index (χ4n) is 3.07. The van der Waals surface area contributed by atoms with Crippen molar-refractivity contribution in [3.05, 3.63) is 105 Å². The number of carbonyl (C=O) groups excluding carboxylic acids is 3. The molecule has 0 spiro atoms. The molecule has 9 nitrogen and oxygen atoms in total. The van der Waals surface area contributed by atoms with E-state index in [2.05, 4.69) is 5.43 Å². The van der Waals surface area contributed by atoms with Crippen LogP contribution in [0.25, 0.3) is 6.08 Å². The highest BCUT2D eigenvalue weighted by molar-refractivity contribution is 6.32. The lowest BCUT2D eigenvalue weighted by Gasteiger charge is -2.13. The Balaban J connectivity index is 1.70. The molecule has 0 unspecified atom stereocenters. The summed E-state index contributed by atoms with van der Waals surface area (Å²) in [5.74, 6) is -2.17. The number of hydrazine groups is 1. The molecule has 1 saturated heterocycles. The van der Waals surface area contributed by atoms with Crippen LogP contribution < -0.4 is 15.2 Å². The smallest absolute Gasteiger partial charge is 0.343 e. The Bertz CT molecular complexity index is 1310. The van der Waals surface area contributed by atoms with E-state index in [1.54, 1.807) is 30.3 Å². The summed E-state index contributed by atoms with van der Waals surface area (Å²) >= 11 is 5.83. The molecule has 0 radical (unpaired) electrons. The van der Waals surface area contributed by atoms with Crippen molar-refractivity contribution in [3.8, 4) is 5.75 Å². The highest BCUT2D eigenvalue weighted by Crippen LogP contribution is 2.29. The number of benzene rings is 3. The minimum absolute atomic E-state index is 0.0138. The first-order valence-electron chi connectivity index (χ1n) is 9.52. The van der Waals surface area contributed by atoms with Gasteiger partial charge in [0, 0.05) is 22.7 Å². The zero-order chi connectivity index (χ0) is 23.5. The largest absolute Gasteiger partial charge is 0.422 e. The van der Waals surface area contributed by atoms with Crippen LogP contribution >= 0.6 is 11.6 Å². The number of amides is 2. The van der Waals surface area contributed by atoms with E-state index >= 15 is 0 Å². The summed E-state index contributed by atoms with van der Waals surface area (Å²) in [6.45, 7) is 0. The average Bonchev–Trinajstić information content (AvgIpc) is 3.09. The van der Waals surface area contributed by atoms with E-state index in [0.29, 0.717) is 10.7 Å². The van der Waals surface area contributed by atoms with Gasteiger partial charge in [0.05, 0.1) is 16.2 Å². The molecule has 1 aliphatic rings. The van der Waals surface area contributed by atoms with Crippen molar-refractivity contribution in [1.29, 1.82) is 0 Å². The summed E-state index contributed by atoms with van der Waals surface area (Å²) in [4.78, 5) is 48.5. The molecule has 3 aromatic carbocycles. The lowest BCUT2D eigenvalue weighted by atomic mass is 10.1. The van der Waals surface area contributed by atoms with Crippen LogP contribution in [0.3, 0.4) is 0 Å². The molecule has 2 amide bonds. The molecule has 4 rings (SSSR count). The van der Waals surface area contributed by atoms with Gasteiger partial charge in [-0.3, -0.25) is 25.1 Å². The first kappa shape index (κ1) is 21.7. The second kappa shape index (κ2) is 8.93. The van der Waals surface area contributed by atoms with Gasteiger partial charge < -0.3 is 4.74 Å². The maximum Gasteiger partial charge on any atom is 0.343 e. The molecule has 33 heavy (non-hydrogen) atoms. The molecular weight excluding hydrogens is 450 g/mol. The topological polar surface area (TPSA) is 119 Å². The highest BCUT2D eigenvalue weighted by atomic mass is 35.5. The molecule has 164 valence electrons. The standard InChI is InChI=1S/C23H14ClN3O6/c24-16-8-6-14(7-9-16)23(30)33-20-11-10-18(27(31)32)12-15(20)13-19-21(28)25-26(22(19)29)17-4-2-1-3-5-17/h1-13H,(H,25,28). The number of non-ortho nitro benzene ring substituents is 1. The zero-order valence-electron chi connectivity index (χ0n) is 16.7. The fraction of sp³-hybridized carbons (Fsp3) is 0. The van der Waals surface area contributed by atoms with Crippen LogP contribution in [-0.4, -0.2) is 22.7 Å². The van der Waals surface area contributed by atoms with Crippen molar-refractivity contribution < 1.29 is 24.0 Å². The number of nitrogens with one attached hydrogen (secondary N) is 1. The Hall–Kier alpha value is -4.50.